The van der Waals surface area contributed by atoms with Gasteiger partial charge >= 0.3 is 0 Å². The van der Waals surface area contributed by atoms with Gasteiger partial charge in [-0.2, -0.15) is 0 Å². The molecule has 20 heavy (non-hydrogen) atoms. The summed E-state index contributed by atoms with van der Waals surface area (Å²) >= 11 is 0. The van der Waals surface area contributed by atoms with Gasteiger partial charge in [0.1, 0.15) is 5.82 Å². The first-order chi connectivity index (χ1) is 9.53. The van der Waals surface area contributed by atoms with Crippen LogP contribution in [0, 0.1) is 5.82 Å². The third kappa shape index (κ3) is 3.74. The lowest BCUT2D eigenvalue weighted by atomic mass is 10.2. The molecule has 0 aliphatic carbocycles. The number of hydrogen-bond acceptors (Lipinski definition) is 5. The van der Waals surface area contributed by atoms with Crippen LogP contribution in [0.4, 0.5) is 4.39 Å². The first-order valence-corrected chi connectivity index (χ1v) is 7.69. The van der Waals surface area contributed by atoms with E-state index in [9.17, 15) is 12.8 Å². The molecule has 1 saturated heterocycles. The topological polar surface area (TPSA) is 90.7 Å². The molecule has 1 aliphatic heterocycles. The van der Waals surface area contributed by atoms with Crippen LogP contribution in [0.5, 0.6) is 0 Å². The maximum Gasteiger partial charge on any atom is 0.240 e. The van der Waals surface area contributed by atoms with Crippen molar-refractivity contribution in [2.45, 2.75) is 17.5 Å². The Hall–Kier alpha value is -1.06. The Bertz CT molecular complexity index is 559. The van der Waals surface area contributed by atoms with Crippen LogP contribution >= 0.6 is 0 Å². The Labute approximate surface area is 117 Å². The summed E-state index contributed by atoms with van der Waals surface area (Å²) in [4.78, 5) is -0.0175. The van der Waals surface area contributed by atoms with Crippen LogP contribution in [0.1, 0.15) is 5.56 Å². The molecule has 1 fully saturated rings. The molecule has 1 aliphatic rings. The average Bonchev–Trinajstić information content (AvgIpc) is 2.46. The summed E-state index contributed by atoms with van der Waals surface area (Å²) in [5.41, 5.74) is 5.52. The third-order valence-corrected chi connectivity index (χ3v) is 4.35. The minimum atomic E-state index is -3.72. The summed E-state index contributed by atoms with van der Waals surface area (Å²) in [7, 11) is -3.72. The van der Waals surface area contributed by atoms with E-state index in [-0.39, 0.29) is 29.7 Å². The largest absolute Gasteiger partial charge is 0.376 e. The lowest BCUT2D eigenvalue weighted by Crippen LogP contribution is -2.39. The summed E-state index contributed by atoms with van der Waals surface area (Å²) in [6, 6.07) is 3.53. The van der Waals surface area contributed by atoms with Gasteiger partial charge in [0.15, 0.2) is 0 Å². The van der Waals surface area contributed by atoms with E-state index in [2.05, 4.69) is 4.72 Å². The highest BCUT2D eigenvalue weighted by atomic mass is 32.2. The molecule has 0 radical (unpaired) electrons. The van der Waals surface area contributed by atoms with Crippen LogP contribution in [-0.2, 0) is 26.0 Å². The van der Waals surface area contributed by atoms with E-state index < -0.39 is 15.8 Å². The zero-order chi connectivity index (χ0) is 14.6. The van der Waals surface area contributed by atoms with E-state index in [0.717, 1.165) is 6.07 Å². The van der Waals surface area contributed by atoms with Gasteiger partial charge < -0.3 is 15.2 Å². The Morgan fingerprint density at radius 3 is 2.85 bits per heavy atom. The predicted octanol–water partition coefficient (Wildman–Crippen LogP) is -0.0219. The van der Waals surface area contributed by atoms with Crippen molar-refractivity contribution >= 4 is 10.0 Å². The minimum absolute atomic E-state index is 0.0175. The monoisotopic (exact) mass is 304 g/mol. The number of ether oxygens (including phenoxy) is 2. The van der Waals surface area contributed by atoms with Crippen molar-refractivity contribution in [2.75, 3.05) is 26.4 Å². The Balaban J connectivity index is 2.05. The van der Waals surface area contributed by atoms with Gasteiger partial charge in [-0.15, -0.1) is 0 Å². The second-order valence-corrected chi connectivity index (χ2v) is 6.14. The molecule has 1 atom stereocenters. The summed E-state index contributed by atoms with van der Waals surface area (Å²) in [6.07, 6.45) is -0.312. The normalized spacial score (nSPS) is 20.0. The molecule has 0 aromatic heterocycles. The van der Waals surface area contributed by atoms with Crippen LogP contribution in [0.2, 0.25) is 0 Å². The molecule has 0 amide bonds. The van der Waals surface area contributed by atoms with Crippen LogP contribution in [0.15, 0.2) is 23.1 Å². The van der Waals surface area contributed by atoms with E-state index in [1.54, 1.807) is 0 Å². The van der Waals surface area contributed by atoms with Crippen molar-refractivity contribution in [3.63, 3.8) is 0 Å². The Morgan fingerprint density at radius 2 is 2.20 bits per heavy atom. The number of rotatable bonds is 5. The van der Waals surface area contributed by atoms with E-state index in [0.29, 0.717) is 19.8 Å². The zero-order valence-electron chi connectivity index (χ0n) is 10.8. The van der Waals surface area contributed by atoms with Crippen molar-refractivity contribution in [1.82, 2.24) is 4.72 Å². The molecule has 1 aromatic rings. The number of halogens is 1. The first-order valence-electron chi connectivity index (χ1n) is 6.20. The van der Waals surface area contributed by atoms with Crippen LogP contribution < -0.4 is 10.5 Å². The lowest BCUT2D eigenvalue weighted by Gasteiger charge is -2.23. The maximum atomic E-state index is 13.3. The zero-order valence-corrected chi connectivity index (χ0v) is 11.7. The van der Waals surface area contributed by atoms with Gasteiger partial charge in [-0.25, -0.2) is 17.5 Å². The Morgan fingerprint density at radius 1 is 1.40 bits per heavy atom. The fourth-order valence-corrected chi connectivity index (χ4v) is 2.93. The van der Waals surface area contributed by atoms with Crippen molar-refractivity contribution in [2.24, 2.45) is 5.73 Å². The quantitative estimate of drug-likeness (QED) is 0.798. The summed E-state index contributed by atoms with van der Waals surface area (Å²) in [5, 5.41) is 0. The van der Waals surface area contributed by atoms with Gasteiger partial charge in [0.05, 0.1) is 30.8 Å². The van der Waals surface area contributed by atoms with Crippen molar-refractivity contribution in [1.29, 1.82) is 0 Å². The SMILES string of the molecule is NCc1cc(S(=O)(=O)NCC2COCCO2)ccc1F. The van der Waals surface area contributed by atoms with Gasteiger partial charge in [0.2, 0.25) is 10.0 Å². The fraction of sp³-hybridized carbons (Fsp3) is 0.500. The average molecular weight is 304 g/mol. The highest BCUT2D eigenvalue weighted by Gasteiger charge is 2.20. The van der Waals surface area contributed by atoms with Gasteiger partial charge in [-0.1, -0.05) is 0 Å². The van der Waals surface area contributed by atoms with Crippen LogP contribution in [0.25, 0.3) is 0 Å². The van der Waals surface area contributed by atoms with Gasteiger partial charge in [0.25, 0.3) is 0 Å². The molecule has 3 N–H and O–H groups in total. The van der Waals surface area contributed by atoms with E-state index in [1.165, 1.54) is 12.1 Å². The fourth-order valence-electron chi connectivity index (χ4n) is 1.82. The van der Waals surface area contributed by atoms with E-state index in [4.69, 9.17) is 15.2 Å². The molecule has 1 aromatic carbocycles. The number of benzene rings is 1. The van der Waals surface area contributed by atoms with E-state index >= 15 is 0 Å². The molecule has 2 rings (SSSR count). The van der Waals surface area contributed by atoms with Crippen molar-refractivity contribution in [3.8, 4) is 0 Å². The van der Waals surface area contributed by atoms with E-state index in [1.807, 2.05) is 0 Å². The molecular formula is C12H17FN2O4S. The maximum absolute atomic E-state index is 13.3. The molecule has 1 heterocycles. The smallest absolute Gasteiger partial charge is 0.240 e. The van der Waals surface area contributed by atoms with Gasteiger partial charge in [0, 0.05) is 18.7 Å². The highest BCUT2D eigenvalue weighted by Crippen LogP contribution is 2.15. The summed E-state index contributed by atoms with van der Waals surface area (Å²) < 4.78 is 50.4. The Kier molecular flexibility index (Phi) is 5.06. The first kappa shape index (κ1) is 15.3. The van der Waals surface area contributed by atoms with Gasteiger partial charge in [-0.3, -0.25) is 0 Å². The highest BCUT2D eigenvalue weighted by molar-refractivity contribution is 7.89. The second-order valence-electron chi connectivity index (χ2n) is 4.38. The van der Waals surface area contributed by atoms with Crippen LogP contribution in [0.3, 0.4) is 0 Å². The molecule has 1 unspecified atom stereocenters. The van der Waals surface area contributed by atoms with Gasteiger partial charge in [-0.05, 0) is 18.2 Å². The van der Waals surface area contributed by atoms with Crippen LogP contribution in [-0.4, -0.2) is 40.9 Å². The standard InChI is InChI=1S/C12H17FN2O4S/c13-12-2-1-11(5-9(12)6-14)20(16,17)15-7-10-8-18-3-4-19-10/h1-2,5,10,15H,3-4,6-8,14H2. The molecule has 0 bridgehead atoms. The second kappa shape index (κ2) is 6.59. The lowest BCUT2D eigenvalue weighted by molar-refractivity contribution is -0.0846. The number of nitrogens with one attached hydrogen (secondary N) is 1. The predicted molar refractivity (Wildman–Crippen MR) is 70.0 cm³/mol. The molecule has 0 spiro atoms. The molecule has 6 nitrogen and oxygen atoms in total. The summed E-state index contributed by atoms with van der Waals surface area (Å²) in [5.74, 6) is -0.518. The minimum Gasteiger partial charge on any atom is -0.376 e. The number of sulfonamides is 1. The third-order valence-electron chi connectivity index (χ3n) is 2.93. The number of hydrogen-bond donors (Lipinski definition) is 2. The molecule has 112 valence electrons. The molecule has 0 saturated carbocycles. The summed E-state index contributed by atoms with van der Waals surface area (Å²) in [6.45, 7) is 1.35. The molecule has 8 heteroatoms. The van der Waals surface area contributed by atoms with Crippen molar-refractivity contribution < 1.29 is 22.3 Å². The number of nitrogens with two attached hydrogens (primary N) is 1. The molecular weight excluding hydrogens is 287 g/mol. The van der Waals surface area contributed by atoms with Crippen molar-refractivity contribution in [3.05, 3.63) is 29.6 Å².